The lowest BCUT2D eigenvalue weighted by molar-refractivity contribution is 0.575. The van der Waals surface area contributed by atoms with E-state index >= 15 is 0 Å². The topological polar surface area (TPSA) is 42.8 Å². The third-order valence-corrected chi connectivity index (χ3v) is 4.24. The summed E-state index contributed by atoms with van der Waals surface area (Å²) in [6.07, 6.45) is 5.24. The lowest BCUT2D eigenvalue weighted by atomic mass is 10.4. The molecule has 0 radical (unpaired) electrons. The molecule has 0 aliphatic rings. The Balaban J connectivity index is 2.06. The molecule has 3 rings (SSSR count). The van der Waals surface area contributed by atoms with Crippen molar-refractivity contribution in [3.8, 4) is 11.5 Å². The second-order valence-corrected chi connectivity index (χ2v) is 5.74. The fraction of sp³-hybridized carbons (Fsp3) is 0.0667. The highest BCUT2D eigenvalue weighted by atomic mass is 32.1. The quantitative estimate of drug-likeness (QED) is 0.521. The molecule has 6 heteroatoms. The molecular formula is C15H13N3OS2. The van der Waals surface area contributed by atoms with E-state index in [1.807, 2.05) is 40.6 Å². The first-order chi connectivity index (χ1) is 10.4. The van der Waals surface area contributed by atoms with E-state index in [4.69, 9.17) is 4.42 Å². The monoisotopic (exact) mass is 315 g/mol. The molecular weight excluding hydrogens is 302 g/mol. The predicted octanol–water partition coefficient (Wildman–Crippen LogP) is 3.84. The van der Waals surface area contributed by atoms with E-state index in [0.717, 1.165) is 21.8 Å². The third kappa shape index (κ3) is 3.12. The maximum atomic E-state index is 5.47. The van der Waals surface area contributed by atoms with E-state index in [1.54, 1.807) is 28.4 Å². The Morgan fingerprint density at radius 2 is 2.29 bits per heavy atom. The normalized spacial score (nSPS) is 12.3. The Morgan fingerprint density at radius 1 is 1.33 bits per heavy atom. The molecule has 0 saturated carbocycles. The zero-order valence-corrected chi connectivity index (χ0v) is 12.8. The molecule has 106 valence electrons. The summed E-state index contributed by atoms with van der Waals surface area (Å²) in [7, 11) is 0. The fourth-order valence-electron chi connectivity index (χ4n) is 1.73. The summed E-state index contributed by atoms with van der Waals surface area (Å²) in [5.41, 5.74) is 1.96. The Labute approximate surface area is 130 Å². The average molecular weight is 315 g/mol. The highest BCUT2D eigenvalue weighted by molar-refractivity contribution is 7.08. The van der Waals surface area contributed by atoms with Gasteiger partial charge in [-0.15, -0.1) is 17.9 Å². The van der Waals surface area contributed by atoms with Gasteiger partial charge in [-0.3, -0.25) is 4.99 Å². The molecule has 0 amide bonds. The van der Waals surface area contributed by atoms with Crippen LogP contribution >= 0.6 is 22.7 Å². The van der Waals surface area contributed by atoms with Crippen molar-refractivity contribution in [1.29, 1.82) is 0 Å². The molecule has 0 aliphatic heterocycles. The minimum absolute atomic E-state index is 0.562. The van der Waals surface area contributed by atoms with Crippen LogP contribution in [0.4, 0.5) is 0 Å². The van der Waals surface area contributed by atoms with Gasteiger partial charge in [0.15, 0.2) is 5.76 Å². The van der Waals surface area contributed by atoms with Gasteiger partial charge in [-0.1, -0.05) is 6.08 Å². The summed E-state index contributed by atoms with van der Waals surface area (Å²) in [4.78, 5) is 5.28. The highest BCUT2D eigenvalue weighted by Gasteiger charge is 2.09. The van der Waals surface area contributed by atoms with Crippen LogP contribution in [0.1, 0.15) is 5.56 Å². The molecule has 0 saturated heterocycles. The smallest absolute Gasteiger partial charge is 0.206 e. The molecule has 0 fully saturated rings. The van der Waals surface area contributed by atoms with Crippen molar-refractivity contribution in [3.05, 3.63) is 63.6 Å². The van der Waals surface area contributed by atoms with Gasteiger partial charge in [-0.05, 0) is 29.0 Å². The molecule has 0 aliphatic carbocycles. The third-order valence-electron chi connectivity index (χ3n) is 2.68. The van der Waals surface area contributed by atoms with Crippen LogP contribution in [0, 0.1) is 0 Å². The predicted molar refractivity (Wildman–Crippen MR) is 87.9 cm³/mol. The number of aromatic nitrogens is 1. The molecule has 0 unspecified atom stereocenters. The van der Waals surface area contributed by atoms with Crippen molar-refractivity contribution < 1.29 is 4.42 Å². The fourth-order valence-corrected chi connectivity index (χ4v) is 3.17. The largest absolute Gasteiger partial charge is 0.463 e. The second kappa shape index (κ2) is 6.51. The van der Waals surface area contributed by atoms with Crippen LogP contribution in [-0.4, -0.2) is 17.4 Å². The maximum absolute atomic E-state index is 5.47. The summed E-state index contributed by atoms with van der Waals surface area (Å²) in [6.45, 7) is 4.26. The Bertz CT molecular complexity index is 792. The zero-order valence-electron chi connectivity index (χ0n) is 11.2. The molecule has 3 aromatic heterocycles. The van der Waals surface area contributed by atoms with Gasteiger partial charge in [0.25, 0.3) is 0 Å². The standard InChI is InChI=1S/C15H13N3OS2/c1-2-6-16-15-18(17-9-12-5-8-20-10-12)13(11-21-15)14-4-3-7-19-14/h2-5,7-11H,1,6H2. The Kier molecular flexibility index (Phi) is 4.28. The summed E-state index contributed by atoms with van der Waals surface area (Å²) in [5.74, 6) is 0.772. The molecule has 3 aromatic rings. The number of hydrogen-bond acceptors (Lipinski definition) is 5. The Hall–Kier alpha value is -2.18. The lowest BCUT2D eigenvalue weighted by Gasteiger charge is -1.99. The number of thiazole rings is 1. The van der Waals surface area contributed by atoms with Crippen LogP contribution < -0.4 is 4.80 Å². The van der Waals surface area contributed by atoms with Gasteiger partial charge in [-0.2, -0.15) is 16.4 Å². The van der Waals surface area contributed by atoms with Gasteiger partial charge in [0.05, 0.1) is 19.0 Å². The Morgan fingerprint density at radius 3 is 3.00 bits per heavy atom. The zero-order chi connectivity index (χ0) is 14.5. The average Bonchev–Trinajstić information content (AvgIpc) is 3.22. The molecule has 21 heavy (non-hydrogen) atoms. The minimum Gasteiger partial charge on any atom is -0.463 e. The molecule has 0 spiro atoms. The van der Waals surface area contributed by atoms with Crippen LogP contribution in [0.25, 0.3) is 11.5 Å². The van der Waals surface area contributed by atoms with Crippen molar-refractivity contribution in [3.63, 3.8) is 0 Å². The highest BCUT2D eigenvalue weighted by Crippen LogP contribution is 2.20. The van der Waals surface area contributed by atoms with Crippen molar-refractivity contribution >= 4 is 28.9 Å². The molecule has 4 nitrogen and oxygen atoms in total. The van der Waals surface area contributed by atoms with Gasteiger partial charge >= 0.3 is 0 Å². The van der Waals surface area contributed by atoms with Crippen molar-refractivity contribution in [2.45, 2.75) is 0 Å². The molecule has 0 aromatic carbocycles. The number of rotatable bonds is 5. The van der Waals surface area contributed by atoms with E-state index < -0.39 is 0 Å². The van der Waals surface area contributed by atoms with Crippen molar-refractivity contribution in [2.75, 3.05) is 6.54 Å². The van der Waals surface area contributed by atoms with E-state index in [-0.39, 0.29) is 0 Å². The van der Waals surface area contributed by atoms with E-state index in [1.165, 1.54) is 11.3 Å². The van der Waals surface area contributed by atoms with Gasteiger partial charge in [-0.25, -0.2) is 4.68 Å². The first-order valence-corrected chi connectivity index (χ1v) is 8.13. The number of hydrogen-bond donors (Lipinski definition) is 0. The van der Waals surface area contributed by atoms with E-state index in [2.05, 4.69) is 16.7 Å². The summed E-state index contributed by atoms with van der Waals surface area (Å²) in [5, 5.41) is 10.6. The van der Waals surface area contributed by atoms with E-state index in [0.29, 0.717) is 6.54 Å². The number of furan rings is 1. The van der Waals surface area contributed by atoms with Crippen LogP contribution in [-0.2, 0) is 0 Å². The van der Waals surface area contributed by atoms with Crippen LogP contribution in [0.3, 0.4) is 0 Å². The molecule has 3 heterocycles. The molecule has 0 N–H and O–H groups in total. The van der Waals surface area contributed by atoms with Gasteiger partial charge in [0.1, 0.15) is 5.69 Å². The van der Waals surface area contributed by atoms with Crippen LogP contribution in [0.2, 0.25) is 0 Å². The summed E-state index contributed by atoms with van der Waals surface area (Å²) in [6, 6.07) is 5.80. The first kappa shape index (κ1) is 13.8. The van der Waals surface area contributed by atoms with Gasteiger partial charge < -0.3 is 4.42 Å². The van der Waals surface area contributed by atoms with Crippen molar-refractivity contribution in [2.24, 2.45) is 10.1 Å². The summed E-state index contributed by atoms with van der Waals surface area (Å²) >= 11 is 3.17. The lowest BCUT2D eigenvalue weighted by Crippen LogP contribution is -2.12. The van der Waals surface area contributed by atoms with Crippen LogP contribution in [0.5, 0.6) is 0 Å². The first-order valence-electron chi connectivity index (χ1n) is 6.31. The number of nitrogens with zero attached hydrogens (tertiary/aromatic N) is 3. The van der Waals surface area contributed by atoms with Gasteiger partial charge in [0, 0.05) is 10.9 Å². The number of thiophene rings is 1. The second-order valence-electron chi connectivity index (χ2n) is 4.12. The maximum Gasteiger partial charge on any atom is 0.206 e. The summed E-state index contributed by atoms with van der Waals surface area (Å²) < 4.78 is 7.26. The van der Waals surface area contributed by atoms with E-state index in [9.17, 15) is 0 Å². The SMILES string of the molecule is C=CCN=c1scc(-c2ccco2)n1N=Cc1ccsc1. The molecule has 0 atom stereocenters. The van der Waals surface area contributed by atoms with Gasteiger partial charge in [0.2, 0.25) is 4.80 Å². The molecule has 0 bridgehead atoms. The van der Waals surface area contributed by atoms with Crippen molar-refractivity contribution in [1.82, 2.24) is 4.68 Å². The van der Waals surface area contributed by atoms with Crippen LogP contribution in [0.15, 0.2) is 67.8 Å². The minimum atomic E-state index is 0.562.